The van der Waals surface area contributed by atoms with Crippen LogP contribution in [0.5, 0.6) is 0 Å². The van der Waals surface area contributed by atoms with Crippen molar-refractivity contribution in [3.05, 3.63) is 0 Å². The largest absolute Gasteiger partial charge is 0.340 e. The molecule has 0 unspecified atom stereocenters. The number of piperazine rings is 1. The minimum Gasteiger partial charge on any atom is -0.340 e. The van der Waals surface area contributed by atoms with E-state index in [1.165, 1.54) is 57.8 Å². The molecule has 1 heterocycles. The number of amides is 1. The summed E-state index contributed by atoms with van der Waals surface area (Å²) in [5, 5.41) is 3.07. The number of rotatable bonds is 14. The van der Waals surface area contributed by atoms with E-state index >= 15 is 0 Å². The Bertz CT molecular complexity index is 358. The number of halogens is 1. The van der Waals surface area contributed by atoms with Gasteiger partial charge in [0, 0.05) is 39.0 Å². The smallest absolute Gasteiger partial charge is 0.222 e. The second-order valence-corrected chi connectivity index (χ2v) is 7.94. The van der Waals surface area contributed by atoms with Crippen LogP contribution in [0, 0.1) is 0 Å². The summed E-state index contributed by atoms with van der Waals surface area (Å²) >= 11 is 5.18. The lowest BCUT2D eigenvalue weighted by molar-refractivity contribution is -0.131. The van der Waals surface area contributed by atoms with E-state index in [-0.39, 0.29) is 5.24 Å². The summed E-state index contributed by atoms with van der Waals surface area (Å²) in [5.41, 5.74) is 0. The van der Waals surface area contributed by atoms with Gasteiger partial charge in [-0.05, 0) is 24.4 Å². The second-order valence-electron chi connectivity index (χ2n) is 7.52. The van der Waals surface area contributed by atoms with Gasteiger partial charge in [-0.25, -0.2) is 0 Å². The first kappa shape index (κ1) is 26.4. The molecule has 0 radical (unpaired) electrons. The summed E-state index contributed by atoms with van der Waals surface area (Å²) in [6.07, 6.45) is 16.1. The standard InChI is InChI=1S/C13H26N2O.C9H17ClO/c1-2-3-4-5-6-7-8-13(16)15-11-9-14-10-12-15;1-2-3-4-5-6-7-8-9(10)11/h14H,2-12H2,1H3;2-8H2,1H3. The molecule has 0 spiro atoms. The maximum atomic E-state index is 11.8. The van der Waals surface area contributed by atoms with E-state index in [4.69, 9.17) is 11.6 Å². The third kappa shape index (κ3) is 18.5. The highest BCUT2D eigenvalue weighted by atomic mass is 35.5. The van der Waals surface area contributed by atoms with Crippen molar-refractivity contribution in [2.75, 3.05) is 26.2 Å². The van der Waals surface area contributed by atoms with Crippen molar-refractivity contribution < 1.29 is 9.59 Å². The Hall–Kier alpha value is -0.610. The molecule has 1 amide bonds. The van der Waals surface area contributed by atoms with Gasteiger partial charge in [0.2, 0.25) is 11.1 Å². The molecule has 0 aromatic carbocycles. The number of carbonyl (C=O) groups is 2. The number of carbonyl (C=O) groups excluding carboxylic acids is 2. The van der Waals surface area contributed by atoms with E-state index in [1.807, 2.05) is 4.90 Å². The lowest BCUT2D eigenvalue weighted by Crippen LogP contribution is -2.46. The first-order valence-electron chi connectivity index (χ1n) is 11.3. The predicted molar refractivity (Wildman–Crippen MR) is 116 cm³/mol. The monoisotopic (exact) mass is 402 g/mol. The van der Waals surface area contributed by atoms with Crippen LogP contribution in [0.4, 0.5) is 0 Å². The van der Waals surface area contributed by atoms with E-state index in [2.05, 4.69) is 19.2 Å². The van der Waals surface area contributed by atoms with Crippen LogP contribution in [0.15, 0.2) is 0 Å². The van der Waals surface area contributed by atoms with Gasteiger partial charge < -0.3 is 10.2 Å². The van der Waals surface area contributed by atoms with Gasteiger partial charge in [0.05, 0.1) is 0 Å². The highest BCUT2D eigenvalue weighted by Crippen LogP contribution is 2.09. The van der Waals surface area contributed by atoms with Crippen molar-refractivity contribution in [1.82, 2.24) is 10.2 Å². The van der Waals surface area contributed by atoms with E-state index in [0.29, 0.717) is 12.3 Å². The summed E-state index contributed by atoms with van der Waals surface area (Å²) in [7, 11) is 0. The van der Waals surface area contributed by atoms with Crippen LogP contribution >= 0.6 is 11.6 Å². The van der Waals surface area contributed by atoms with Crippen molar-refractivity contribution in [1.29, 1.82) is 0 Å². The summed E-state index contributed by atoms with van der Waals surface area (Å²) in [6, 6.07) is 0. The highest BCUT2D eigenvalue weighted by Gasteiger charge is 2.14. The molecule has 1 saturated heterocycles. The molecule has 0 atom stereocenters. The number of unbranched alkanes of at least 4 members (excludes halogenated alkanes) is 10. The van der Waals surface area contributed by atoms with Crippen molar-refractivity contribution in [2.24, 2.45) is 0 Å². The van der Waals surface area contributed by atoms with Gasteiger partial charge in [-0.2, -0.15) is 0 Å². The summed E-state index contributed by atoms with van der Waals surface area (Å²) in [4.78, 5) is 24.1. The molecule has 0 saturated carbocycles. The number of nitrogens with one attached hydrogen (secondary N) is 1. The van der Waals surface area contributed by atoms with Crippen molar-refractivity contribution >= 4 is 22.8 Å². The zero-order valence-electron chi connectivity index (χ0n) is 17.9. The van der Waals surface area contributed by atoms with Crippen molar-refractivity contribution in [3.63, 3.8) is 0 Å². The molecule has 27 heavy (non-hydrogen) atoms. The Morgan fingerprint density at radius 1 is 0.741 bits per heavy atom. The summed E-state index contributed by atoms with van der Waals surface area (Å²) < 4.78 is 0. The van der Waals surface area contributed by atoms with Gasteiger partial charge in [0.1, 0.15) is 0 Å². The number of hydrogen-bond acceptors (Lipinski definition) is 3. The number of nitrogens with zero attached hydrogens (tertiary/aromatic N) is 1. The van der Waals surface area contributed by atoms with E-state index in [1.54, 1.807) is 0 Å². The Kier molecular flexibility index (Phi) is 19.7. The Morgan fingerprint density at radius 2 is 1.19 bits per heavy atom. The molecular formula is C22H43ClN2O2. The zero-order chi connectivity index (χ0) is 20.2. The fourth-order valence-corrected chi connectivity index (χ4v) is 3.31. The van der Waals surface area contributed by atoms with Gasteiger partial charge >= 0.3 is 0 Å². The van der Waals surface area contributed by atoms with Crippen LogP contribution in [0.2, 0.25) is 0 Å². The Balaban J connectivity index is 0.000000541. The van der Waals surface area contributed by atoms with Crippen LogP contribution in [-0.4, -0.2) is 42.2 Å². The average molecular weight is 403 g/mol. The first-order chi connectivity index (χ1) is 13.1. The van der Waals surface area contributed by atoms with Crippen LogP contribution in [-0.2, 0) is 9.59 Å². The quantitative estimate of drug-likeness (QED) is 0.300. The predicted octanol–water partition coefficient (Wildman–Crippen LogP) is 5.67. The van der Waals surface area contributed by atoms with Gasteiger partial charge in [-0.1, -0.05) is 78.1 Å². The summed E-state index contributed by atoms with van der Waals surface area (Å²) in [5.74, 6) is 0.358. The molecule has 5 heteroatoms. The minimum absolute atomic E-state index is 0.194. The molecule has 0 bridgehead atoms. The minimum atomic E-state index is -0.194. The maximum Gasteiger partial charge on any atom is 0.222 e. The molecule has 1 aliphatic heterocycles. The molecular weight excluding hydrogens is 360 g/mol. The molecule has 0 aromatic rings. The Labute approximate surface area is 172 Å². The molecule has 160 valence electrons. The SMILES string of the molecule is CCCCCCCCC(=O)Cl.CCCCCCCCC(=O)N1CCNCC1. The second kappa shape index (κ2) is 20.1. The van der Waals surface area contributed by atoms with E-state index in [0.717, 1.165) is 51.9 Å². The summed E-state index contributed by atoms with van der Waals surface area (Å²) in [6.45, 7) is 8.14. The third-order valence-electron chi connectivity index (χ3n) is 4.94. The third-order valence-corrected chi connectivity index (χ3v) is 5.13. The molecule has 1 N–H and O–H groups in total. The fourth-order valence-electron chi connectivity index (χ4n) is 3.17. The van der Waals surface area contributed by atoms with Crippen molar-refractivity contribution in [3.8, 4) is 0 Å². The van der Waals surface area contributed by atoms with Gasteiger partial charge in [-0.15, -0.1) is 0 Å². The molecule has 0 aliphatic carbocycles. The van der Waals surface area contributed by atoms with Gasteiger partial charge in [0.25, 0.3) is 0 Å². The highest BCUT2D eigenvalue weighted by molar-refractivity contribution is 6.63. The lowest BCUT2D eigenvalue weighted by Gasteiger charge is -2.27. The van der Waals surface area contributed by atoms with Gasteiger partial charge in [0.15, 0.2) is 0 Å². The van der Waals surface area contributed by atoms with Crippen molar-refractivity contribution in [2.45, 2.75) is 104 Å². The molecule has 1 rings (SSSR count). The topological polar surface area (TPSA) is 49.4 Å². The average Bonchev–Trinajstić information content (AvgIpc) is 2.68. The first-order valence-corrected chi connectivity index (χ1v) is 11.7. The van der Waals surface area contributed by atoms with Crippen LogP contribution < -0.4 is 5.32 Å². The zero-order valence-corrected chi connectivity index (χ0v) is 18.6. The number of hydrogen-bond donors (Lipinski definition) is 1. The van der Waals surface area contributed by atoms with Crippen LogP contribution in [0.1, 0.15) is 104 Å². The molecule has 1 fully saturated rings. The molecule has 1 aliphatic rings. The Morgan fingerprint density at radius 3 is 1.67 bits per heavy atom. The maximum absolute atomic E-state index is 11.8. The fraction of sp³-hybridized carbons (Fsp3) is 0.909. The van der Waals surface area contributed by atoms with E-state index in [9.17, 15) is 9.59 Å². The molecule has 0 aromatic heterocycles. The van der Waals surface area contributed by atoms with Gasteiger partial charge in [-0.3, -0.25) is 9.59 Å². The lowest BCUT2D eigenvalue weighted by atomic mass is 10.1. The molecule has 4 nitrogen and oxygen atoms in total. The van der Waals surface area contributed by atoms with Crippen LogP contribution in [0.25, 0.3) is 0 Å². The van der Waals surface area contributed by atoms with E-state index < -0.39 is 0 Å². The van der Waals surface area contributed by atoms with Crippen LogP contribution in [0.3, 0.4) is 0 Å². The normalized spacial score (nSPS) is 13.8.